The minimum Gasteiger partial charge on any atom is -0.375 e. The van der Waals surface area contributed by atoms with Gasteiger partial charge in [-0.1, -0.05) is 29.8 Å². The van der Waals surface area contributed by atoms with E-state index in [1.807, 2.05) is 42.5 Å². The van der Waals surface area contributed by atoms with Gasteiger partial charge in [0.1, 0.15) is 0 Å². The molecule has 2 heterocycles. The molecule has 4 nitrogen and oxygen atoms in total. The van der Waals surface area contributed by atoms with Gasteiger partial charge in [-0.3, -0.25) is 4.98 Å². The van der Waals surface area contributed by atoms with Gasteiger partial charge < -0.3 is 5.73 Å². The van der Waals surface area contributed by atoms with E-state index in [-0.39, 0.29) is 11.2 Å². The number of nitrogens with zero attached hydrogens (tertiary/aromatic N) is 3. The molecule has 0 radical (unpaired) electrons. The zero-order valence-corrected chi connectivity index (χ0v) is 12.7. The first-order valence-electron chi connectivity index (χ1n) is 6.48. The number of thiocarbonyl (C=S) groups is 1. The van der Waals surface area contributed by atoms with Crippen molar-refractivity contribution in [3.8, 4) is 0 Å². The van der Waals surface area contributed by atoms with Crippen molar-refractivity contribution in [1.82, 2.24) is 9.99 Å². The van der Waals surface area contributed by atoms with E-state index >= 15 is 0 Å². The molecule has 6 heteroatoms. The normalized spacial score (nSPS) is 17.7. The van der Waals surface area contributed by atoms with Crippen molar-refractivity contribution in [2.75, 3.05) is 0 Å². The fourth-order valence-corrected chi connectivity index (χ4v) is 2.74. The van der Waals surface area contributed by atoms with Crippen LogP contribution >= 0.6 is 23.8 Å². The fourth-order valence-electron chi connectivity index (χ4n) is 2.38. The van der Waals surface area contributed by atoms with Gasteiger partial charge in [-0.15, -0.1) is 0 Å². The van der Waals surface area contributed by atoms with Crippen molar-refractivity contribution < 1.29 is 0 Å². The lowest BCUT2D eigenvalue weighted by Gasteiger charge is -2.21. The third-order valence-electron chi connectivity index (χ3n) is 3.33. The summed E-state index contributed by atoms with van der Waals surface area (Å²) in [6, 6.07) is 13.4. The van der Waals surface area contributed by atoms with Gasteiger partial charge in [-0.2, -0.15) is 5.10 Å². The van der Waals surface area contributed by atoms with Crippen LogP contribution in [0.4, 0.5) is 0 Å². The molecule has 1 atom stereocenters. The molecule has 0 fully saturated rings. The van der Waals surface area contributed by atoms with Crippen LogP contribution in [0.2, 0.25) is 5.02 Å². The number of halogens is 1. The summed E-state index contributed by atoms with van der Waals surface area (Å²) in [6.07, 6.45) is 2.43. The number of pyridine rings is 1. The van der Waals surface area contributed by atoms with E-state index in [0.29, 0.717) is 11.4 Å². The molecule has 0 amide bonds. The molecule has 2 aromatic rings. The van der Waals surface area contributed by atoms with Crippen LogP contribution in [0.5, 0.6) is 0 Å². The molecule has 3 rings (SSSR count). The van der Waals surface area contributed by atoms with Gasteiger partial charge in [0.25, 0.3) is 0 Å². The highest BCUT2D eigenvalue weighted by molar-refractivity contribution is 7.80. The van der Waals surface area contributed by atoms with Gasteiger partial charge in [0.2, 0.25) is 0 Å². The van der Waals surface area contributed by atoms with E-state index in [2.05, 4.69) is 10.1 Å². The molecule has 2 N–H and O–H groups in total. The monoisotopic (exact) mass is 316 g/mol. The maximum absolute atomic E-state index is 6.07. The highest BCUT2D eigenvalue weighted by Gasteiger charge is 2.30. The Morgan fingerprint density at radius 2 is 2.14 bits per heavy atom. The average molecular weight is 317 g/mol. The van der Waals surface area contributed by atoms with Gasteiger partial charge in [-0.05, 0) is 42.0 Å². The summed E-state index contributed by atoms with van der Waals surface area (Å²) in [6.45, 7) is 0. The second kappa shape index (κ2) is 5.79. The highest BCUT2D eigenvalue weighted by atomic mass is 35.5. The number of nitrogens with two attached hydrogens (primary N) is 1. The third-order valence-corrected chi connectivity index (χ3v) is 3.75. The summed E-state index contributed by atoms with van der Waals surface area (Å²) in [5.74, 6) is 0. The molecule has 1 aromatic heterocycles. The summed E-state index contributed by atoms with van der Waals surface area (Å²) in [5, 5.41) is 7.10. The van der Waals surface area contributed by atoms with Crippen LogP contribution < -0.4 is 5.73 Å². The van der Waals surface area contributed by atoms with Crippen molar-refractivity contribution in [3.05, 3.63) is 64.9 Å². The second-order valence-corrected chi connectivity index (χ2v) is 5.57. The van der Waals surface area contributed by atoms with Gasteiger partial charge in [0.05, 0.1) is 17.4 Å². The fraction of sp³-hybridized carbons (Fsp3) is 0.133. The lowest BCUT2D eigenvalue weighted by Crippen LogP contribution is -2.31. The molecule has 1 unspecified atom stereocenters. The van der Waals surface area contributed by atoms with Crippen molar-refractivity contribution >= 4 is 34.6 Å². The number of hydrogen-bond donors (Lipinski definition) is 1. The minimum atomic E-state index is -0.0433. The minimum absolute atomic E-state index is 0.0433. The van der Waals surface area contributed by atoms with Crippen LogP contribution in [0.15, 0.2) is 53.8 Å². The Bertz CT molecular complexity index is 702. The molecule has 0 aliphatic carbocycles. The average Bonchev–Trinajstić information content (AvgIpc) is 2.93. The molecule has 1 aromatic carbocycles. The van der Waals surface area contributed by atoms with Gasteiger partial charge in [0, 0.05) is 17.6 Å². The summed E-state index contributed by atoms with van der Waals surface area (Å²) in [7, 11) is 0. The largest absolute Gasteiger partial charge is 0.375 e. The lowest BCUT2D eigenvalue weighted by atomic mass is 10.0. The SMILES string of the molecule is NC(=S)N1N=C(c2ccccn2)CC1c1cccc(Cl)c1. The maximum atomic E-state index is 6.07. The summed E-state index contributed by atoms with van der Waals surface area (Å²) < 4.78 is 0. The Balaban J connectivity index is 1.95. The summed E-state index contributed by atoms with van der Waals surface area (Å²) in [4.78, 5) is 4.33. The van der Waals surface area contributed by atoms with Gasteiger partial charge in [-0.25, -0.2) is 5.01 Å². The van der Waals surface area contributed by atoms with Gasteiger partial charge >= 0.3 is 0 Å². The van der Waals surface area contributed by atoms with Crippen LogP contribution in [-0.4, -0.2) is 20.8 Å². The third kappa shape index (κ3) is 2.89. The molecule has 0 saturated carbocycles. The van der Waals surface area contributed by atoms with Crippen molar-refractivity contribution in [2.45, 2.75) is 12.5 Å². The Labute approximate surface area is 133 Å². The quantitative estimate of drug-likeness (QED) is 0.865. The smallest absolute Gasteiger partial charge is 0.187 e. The van der Waals surface area contributed by atoms with Crippen LogP contribution in [-0.2, 0) is 0 Å². The molecule has 21 heavy (non-hydrogen) atoms. The Kier molecular flexibility index (Phi) is 3.86. The van der Waals surface area contributed by atoms with Crippen molar-refractivity contribution in [3.63, 3.8) is 0 Å². The summed E-state index contributed by atoms with van der Waals surface area (Å²) in [5.41, 5.74) is 8.54. The predicted octanol–water partition coefficient (Wildman–Crippen LogP) is 3.13. The number of hydrogen-bond acceptors (Lipinski definition) is 3. The highest BCUT2D eigenvalue weighted by Crippen LogP contribution is 2.33. The van der Waals surface area contributed by atoms with E-state index in [1.54, 1.807) is 11.2 Å². The molecule has 0 spiro atoms. The van der Waals surface area contributed by atoms with E-state index in [0.717, 1.165) is 17.0 Å². The topological polar surface area (TPSA) is 54.5 Å². The molecule has 0 bridgehead atoms. The standard InChI is InChI=1S/C15H13ClN4S/c16-11-5-3-4-10(8-11)14-9-13(19-20(14)15(17)21)12-6-1-2-7-18-12/h1-8,14H,9H2,(H2,17,21). The predicted molar refractivity (Wildman–Crippen MR) is 88.2 cm³/mol. The second-order valence-electron chi connectivity index (χ2n) is 4.72. The first kappa shape index (κ1) is 14.0. The van der Waals surface area contributed by atoms with Crippen molar-refractivity contribution in [1.29, 1.82) is 0 Å². The van der Waals surface area contributed by atoms with Crippen LogP contribution in [0.3, 0.4) is 0 Å². The van der Waals surface area contributed by atoms with E-state index < -0.39 is 0 Å². The van der Waals surface area contributed by atoms with E-state index in [1.165, 1.54) is 0 Å². The zero-order chi connectivity index (χ0) is 14.8. The molecular weight excluding hydrogens is 304 g/mol. The summed E-state index contributed by atoms with van der Waals surface area (Å²) >= 11 is 11.2. The molecule has 0 saturated heterocycles. The number of hydrazone groups is 1. The molecule has 106 valence electrons. The first-order valence-corrected chi connectivity index (χ1v) is 7.27. The van der Waals surface area contributed by atoms with Crippen molar-refractivity contribution in [2.24, 2.45) is 10.8 Å². The van der Waals surface area contributed by atoms with Crippen LogP contribution in [0.25, 0.3) is 0 Å². The van der Waals surface area contributed by atoms with Crippen LogP contribution in [0.1, 0.15) is 23.7 Å². The number of aromatic nitrogens is 1. The number of benzene rings is 1. The van der Waals surface area contributed by atoms with E-state index in [4.69, 9.17) is 29.6 Å². The maximum Gasteiger partial charge on any atom is 0.187 e. The zero-order valence-electron chi connectivity index (χ0n) is 11.1. The number of rotatable bonds is 2. The lowest BCUT2D eigenvalue weighted by molar-refractivity contribution is 0.373. The molecular formula is C15H13ClN4S. The van der Waals surface area contributed by atoms with Gasteiger partial charge in [0.15, 0.2) is 5.11 Å². The molecule has 1 aliphatic heterocycles. The first-order chi connectivity index (χ1) is 10.1. The molecule has 1 aliphatic rings. The Hall–Kier alpha value is -1.98. The van der Waals surface area contributed by atoms with E-state index in [9.17, 15) is 0 Å². The Morgan fingerprint density at radius 1 is 1.29 bits per heavy atom. The van der Waals surface area contributed by atoms with Crippen LogP contribution in [0, 0.1) is 0 Å². The Morgan fingerprint density at radius 3 is 2.81 bits per heavy atom.